The standard InChI is InChI=1S/C19H18O3S/c1-3-12-5-7-15-11(2)23-19(17(15)18(12)20)22-14-6-4-13-8-9-21-16(13)10-14/h3-4,6,10H,5,7-9H2,1-2H3/b12-3+. The summed E-state index contributed by atoms with van der Waals surface area (Å²) in [7, 11) is 0. The Bertz CT molecular complexity index is 829. The summed E-state index contributed by atoms with van der Waals surface area (Å²) in [5.74, 6) is 1.74. The fourth-order valence-electron chi connectivity index (χ4n) is 3.28. The first kappa shape index (κ1) is 14.5. The molecule has 0 spiro atoms. The first-order valence-electron chi connectivity index (χ1n) is 7.93. The second kappa shape index (κ2) is 5.53. The Morgan fingerprint density at radius 3 is 2.96 bits per heavy atom. The van der Waals surface area contributed by atoms with E-state index in [0.29, 0.717) is 5.06 Å². The van der Waals surface area contributed by atoms with Crippen LogP contribution in [0.2, 0.25) is 0 Å². The normalized spacial score (nSPS) is 17.8. The van der Waals surface area contributed by atoms with Gasteiger partial charge >= 0.3 is 0 Å². The highest BCUT2D eigenvalue weighted by atomic mass is 32.1. The molecule has 1 aliphatic carbocycles. The predicted molar refractivity (Wildman–Crippen MR) is 91.2 cm³/mol. The number of fused-ring (bicyclic) bond motifs is 2. The second-order valence-corrected chi connectivity index (χ2v) is 7.10. The minimum absolute atomic E-state index is 0.116. The van der Waals surface area contributed by atoms with Crippen LogP contribution in [0.25, 0.3) is 0 Å². The van der Waals surface area contributed by atoms with Crippen molar-refractivity contribution in [1.29, 1.82) is 0 Å². The molecule has 4 rings (SSSR count). The van der Waals surface area contributed by atoms with E-state index in [2.05, 4.69) is 6.92 Å². The molecule has 0 saturated carbocycles. The summed E-state index contributed by atoms with van der Waals surface area (Å²) in [5.41, 5.74) is 4.01. The summed E-state index contributed by atoms with van der Waals surface area (Å²) in [4.78, 5) is 13.9. The van der Waals surface area contributed by atoms with Crippen molar-refractivity contribution < 1.29 is 14.3 Å². The number of aryl methyl sites for hydroxylation is 1. The quantitative estimate of drug-likeness (QED) is 0.739. The molecule has 2 aliphatic rings. The van der Waals surface area contributed by atoms with Crippen LogP contribution in [-0.4, -0.2) is 12.4 Å². The summed E-state index contributed by atoms with van der Waals surface area (Å²) >= 11 is 1.56. The van der Waals surface area contributed by atoms with Crippen LogP contribution in [0, 0.1) is 6.92 Å². The topological polar surface area (TPSA) is 35.5 Å². The van der Waals surface area contributed by atoms with E-state index < -0.39 is 0 Å². The Morgan fingerprint density at radius 1 is 1.26 bits per heavy atom. The van der Waals surface area contributed by atoms with Crippen LogP contribution in [0.15, 0.2) is 29.8 Å². The molecular weight excluding hydrogens is 308 g/mol. The second-order valence-electron chi connectivity index (χ2n) is 5.91. The molecule has 2 aromatic rings. The monoisotopic (exact) mass is 326 g/mol. The highest BCUT2D eigenvalue weighted by Gasteiger charge is 2.29. The van der Waals surface area contributed by atoms with Gasteiger partial charge in [-0.1, -0.05) is 12.1 Å². The number of thiophene rings is 1. The Hall–Kier alpha value is -2.07. The maximum absolute atomic E-state index is 12.7. The van der Waals surface area contributed by atoms with E-state index in [4.69, 9.17) is 9.47 Å². The van der Waals surface area contributed by atoms with Gasteiger partial charge in [-0.2, -0.15) is 0 Å². The molecule has 0 fully saturated rings. The largest absolute Gasteiger partial charge is 0.493 e. The summed E-state index contributed by atoms with van der Waals surface area (Å²) in [6.45, 7) is 4.72. The van der Waals surface area contributed by atoms with Crippen LogP contribution in [0.4, 0.5) is 0 Å². The molecule has 118 valence electrons. The van der Waals surface area contributed by atoms with Crippen LogP contribution >= 0.6 is 11.3 Å². The third kappa shape index (κ3) is 2.38. The highest BCUT2D eigenvalue weighted by molar-refractivity contribution is 7.14. The van der Waals surface area contributed by atoms with Gasteiger partial charge in [0.15, 0.2) is 10.8 Å². The van der Waals surface area contributed by atoms with Gasteiger partial charge in [-0.15, -0.1) is 11.3 Å². The summed E-state index contributed by atoms with van der Waals surface area (Å²) < 4.78 is 11.7. The van der Waals surface area contributed by atoms with E-state index in [0.717, 1.165) is 54.1 Å². The molecule has 0 bridgehead atoms. The summed E-state index contributed by atoms with van der Waals surface area (Å²) in [6.07, 6.45) is 4.61. The zero-order chi connectivity index (χ0) is 16.0. The maximum atomic E-state index is 12.7. The molecule has 2 heterocycles. The number of ketones is 1. The van der Waals surface area contributed by atoms with Gasteiger partial charge in [-0.3, -0.25) is 4.79 Å². The lowest BCUT2D eigenvalue weighted by atomic mass is 9.88. The van der Waals surface area contributed by atoms with Crippen LogP contribution in [0.5, 0.6) is 16.6 Å². The first-order chi connectivity index (χ1) is 11.2. The summed E-state index contributed by atoms with van der Waals surface area (Å²) in [5, 5.41) is 0.708. The van der Waals surface area contributed by atoms with Gasteiger partial charge in [0, 0.05) is 17.4 Å². The Balaban J connectivity index is 1.72. The Morgan fingerprint density at radius 2 is 2.13 bits per heavy atom. The SMILES string of the molecule is C/C=C1\CCc2c(C)sc(Oc3ccc4c(c3)OCC4)c2C1=O. The smallest absolute Gasteiger partial charge is 0.193 e. The van der Waals surface area contributed by atoms with Crippen LogP contribution in [-0.2, 0) is 12.8 Å². The number of carbonyl (C=O) groups is 1. The lowest BCUT2D eigenvalue weighted by Gasteiger charge is -2.16. The van der Waals surface area contributed by atoms with Gasteiger partial charge in [0.25, 0.3) is 0 Å². The number of benzene rings is 1. The van der Waals surface area contributed by atoms with Crippen molar-refractivity contribution in [3.05, 3.63) is 51.4 Å². The number of ether oxygens (including phenoxy) is 2. The summed E-state index contributed by atoms with van der Waals surface area (Å²) in [6, 6.07) is 5.93. The number of carbonyl (C=O) groups excluding carboxylic acids is 1. The minimum Gasteiger partial charge on any atom is -0.493 e. The molecule has 1 aliphatic heterocycles. The van der Waals surface area contributed by atoms with Gasteiger partial charge in [0.2, 0.25) is 0 Å². The maximum Gasteiger partial charge on any atom is 0.193 e. The molecule has 1 aromatic heterocycles. The highest BCUT2D eigenvalue weighted by Crippen LogP contribution is 2.43. The van der Waals surface area contributed by atoms with Crippen molar-refractivity contribution in [2.24, 2.45) is 0 Å². The number of hydrogen-bond acceptors (Lipinski definition) is 4. The average molecular weight is 326 g/mol. The lowest BCUT2D eigenvalue weighted by molar-refractivity contribution is 0.102. The van der Waals surface area contributed by atoms with E-state index in [-0.39, 0.29) is 5.78 Å². The van der Waals surface area contributed by atoms with Crippen molar-refractivity contribution in [2.45, 2.75) is 33.1 Å². The van der Waals surface area contributed by atoms with Crippen molar-refractivity contribution in [3.63, 3.8) is 0 Å². The molecule has 0 unspecified atom stereocenters. The average Bonchev–Trinajstić information content (AvgIpc) is 3.13. The first-order valence-corrected chi connectivity index (χ1v) is 8.74. The van der Waals surface area contributed by atoms with Crippen LogP contribution in [0.1, 0.15) is 39.7 Å². The van der Waals surface area contributed by atoms with Crippen LogP contribution < -0.4 is 9.47 Å². The molecule has 23 heavy (non-hydrogen) atoms. The van der Waals surface area contributed by atoms with E-state index in [1.54, 1.807) is 11.3 Å². The fourth-order valence-corrected chi connectivity index (χ4v) is 4.34. The molecule has 0 N–H and O–H groups in total. The zero-order valence-corrected chi connectivity index (χ0v) is 14.1. The van der Waals surface area contributed by atoms with Crippen molar-refractivity contribution in [1.82, 2.24) is 0 Å². The van der Waals surface area contributed by atoms with Gasteiger partial charge in [0.1, 0.15) is 11.5 Å². The molecule has 0 amide bonds. The fraction of sp³-hybridized carbons (Fsp3) is 0.316. The van der Waals surface area contributed by atoms with E-state index in [9.17, 15) is 4.79 Å². The van der Waals surface area contributed by atoms with Crippen LogP contribution in [0.3, 0.4) is 0 Å². The van der Waals surface area contributed by atoms with Crippen molar-refractivity contribution in [3.8, 4) is 16.6 Å². The molecule has 0 saturated heterocycles. The molecule has 4 heteroatoms. The molecule has 0 radical (unpaired) electrons. The van der Waals surface area contributed by atoms with Gasteiger partial charge < -0.3 is 9.47 Å². The predicted octanol–water partition coefficient (Wildman–Crippen LogP) is 4.86. The van der Waals surface area contributed by atoms with Crippen molar-refractivity contribution >= 4 is 17.1 Å². The number of allylic oxidation sites excluding steroid dienone is 2. The number of Topliss-reactive ketones (excluding diaryl/α,β-unsaturated/α-hetero) is 1. The number of rotatable bonds is 2. The van der Waals surface area contributed by atoms with Gasteiger partial charge in [-0.05, 0) is 49.5 Å². The molecular formula is C19H18O3S. The van der Waals surface area contributed by atoms with Crippen molar-refractivity contribution in [2.75, 3.05) is 6.61 Å². The van der Waals surface area contributed by atoms with E-state index in [1.807, 2.05) is 31.2 Å². The molecule has 0 atom stereocenters. The Kier molecular flexibility index (Phi) is 3.49. The molecule has 3 nitrogen and oxygen atoms in total. The molecule has 1 aromatic carbocycles. The third-order valence-corrected chi connectivity index (χ3v) is 5.59. The minimum atomic E-state index is 0.116. The Labute approximate surface area is 139 Å². The van der Waals surface area contributed by atoms with E-state index in [1.165, 1.54) is 10.4 Å². The number of hydrogen-bond donors (Lipinski definition) is 0. The van der Waals surface area contributed by atoms with Gasteiger partial charge in [-0.25, -0.2) is 0 Å². The third-order valence-electron chi connectivity index (χ3n) is 4.57. The zero-order valence-electron chi connectivity index (χ0n) is 13.3. The van der Waals surface area contributed by atoms with E-state index >= 15 is 0 Å². The van der Waals surface area contributed by atoms with Gasteiger partial charge in [0.05, 0.1) is 12.2 Å². The lowest BCUT2D eigenvalue weighted by Crippen LogP contribution is -2.13.